The summed E-state index contributed by atoms with van der Waals surface area (Å²) in [4.78, 5) is 0. The number of tetrazole rings is 1. The Hall–Kier alpha value is -1.23. The SMILES string of the molecule is CC(C)(C)C(CBr)Cc1nnnn1-c1ccccc1. The Morgan fingerprint density at radius 2 is 1.89 bits per heavy atom. The van der Waals surface area contributed by atoms with Crippen LogP contribution in [0.3, 0.4) is 0 Å². The molecule has 0 N–H and O–H groups in total. The van der Waals surface area contributed by atoms with Gasteiger partial charge in [0.2, 0.25) is 0 Å². The van der Waals surface area contributed by atoms with Crippen LogP contribution in [0, 0.1) is 11.3 Å². The molecule has 0 saturated heterocycles. The minimum atomic E-state index is 0.219. The van der Waals surface area contributed by atoms with Gasteiger partial charge < -0.3 is 0 Å². The number of nitrogens with zero attached hydrogens (tertiary/aromatic N) is 4. The number of benzene rings is 1. The molecule has 5 heteroatoms. The summed E-state index contributed by atoms with van der Waals surface area (Å²) in [5, 5.41) is 13.0. The third-order valence-corrected chi connectivity index (χ3v) is 4.16. The summed E-state index contributed by atoms with van der Waals surface area (Å²) < 4.78 is 1.82. The van der Waals surface area contributed by atoms with E-state index in [1.807, 2.05) is 35.0 Å². The number of aromatic nitrogens is 4. The molecule has 0 aliphatic heterocycles. The zero-order chi connectivity index (χ0) is 13.9. The van der Waals surface area contributed by atoms with Gasteiger partial charge in [-0.15, -0.1) is 5.10 Å². The lowest BCUT2D eigenvalue weighted by atomic mass is 9.80. The molecule has 0 aliphatic carbocycles. The van der Waals surface area contributed by atoms with Gasteiger partial charge >= 0.3 is 0 Å². The Morgan fingerprint density at radius 3 is 2.47 bits per heavy atom. The van der Waals surface area contributed by atoms with Gasteiger partial charge in [0.1, 0.15) is 0 Å². The van der Waals surface area contributed by atoms with Crippen LogP contribution in [-0.2, 0) is 6.42 Å². The highest BCUT2D eigenvalue weighted by molar-refractivity contribution is 9.09. The van der Waals surface area contributed by atoms with Gasteiger partial charge in [-0.25, -0.2) is 0 Å². The Balaban J connectivity index is 2.26. The quantitative estimate of drug-likeness (QED) is 0.811. The molecule has 1 unspecified atom stereocenters. The first-order valence-corrected chi connectivity index (χ1v) is 7.53. The molecule has 102 valence electrons. The van der Waals surface area contributed by atoms with E-state index in [0.717, 1.165) is 23.3 Å². The van der Waals surface area contributed by atoms with Crippen LogP contribution in [-0.4, -0.2) is 25.5 Å². The molecule has 1 atom stereocenters. The summed E-state index contributed by atoms with van der Waals surface area (Å²) in [5.74, 6) is 1.39. The van der Waals surface area contributed by atoms with Gasteiger partial charge in [0.25, 0.3) is 0 Å². The van der Waals surface area contributed by atoms with Crippen molar-refractivity contribution >= 4 is 15.9 Å². The Morgan fingerprint density at radius 1 is 1.21 bits per heavy atom. The molecule has 1 heterocycles. The lowest BCUT2D eigenvalue weighted by Gasteiger charge is -2.28. The van der Waals surface area contributed by atoms with Crippen LogP contribution in [0.25, 0.3) is 5.69 Å². The normalized spacial score (nSPS) is 13.5. The van der Waals surface area contributed by atoms with E-state index in [1.165, 1.54) is 0 Å². The van der Waals surface area contributed by atoms with Gasteiger partial charge in [-0.1, -0.05) is 54.9 Å². The molecule has 0 radical (unpaired) electrons. The molecular formula is C14H19BrN4. The van der Waals surface area contributed by atoms with Crippen LogP contribution in [0.5, 0.6) is 0 Å². The maximum Gasteiger partial charge on any atom is 0.157 e. The zero-order valence-electron chi connectivity index (χ0n) is 11.5. The van der Waals surface area contributed by atoms with Gasteiger partial charge in [-0.3, -0.25) is 0 Å². The van der Waals surface area contributed by atoms with E-state index in [4.69, 9.17) is 0 Å². The van der Waals surface area contributed by atoms with E-state index in [1.54, 1.807) is 0 Å². The van der Waals surface area contributed by atoms with Crippen LogP contribution >= 0.6 is 15.9 Å². The Labute approximate surface area is 122 Å². The van der Waals surface area contributed by atoms with Crippen molar-refractivity contribution in [2.45, 2.75) is 27.2 Å². The van der Waals surface area contributed by atoms with Gasteiger partial charge in [-0.2, -0.15) is 4.68 Å². The molecule has 0 aliphatic rings. The summed E-state index contributed by atoms with van der Waals surface area (Å²) in [7, 11) is 0. The van der Waals surface area contributed by atoms with Gasteiger partial charge in [0.05, 0.1) is 5.69 Å². The molecule has 0 saturated carbocycles. The lowest BCUT2D eigenvalue weighted by molar-refractivity contribution is 0.262. The van der Waals surface area contributed by atoms with Gasteiger partial charge in [0.15, 0.2) is 5.82 Å². The topological polar surface area (TPSA) is 43.6 Å². The standard InChI is InChI=1S/C14H19BrN4/c1-14(2,3)11(10-15)9-13-16-17-18-19(13)12-7-5-4-6-8-12/h4-8,11H,9-10H2,1-3H3. The van der Waals surface area contributed by atoms with E-state index in [2.05, 4.69) is 52.2 Å². The predicted molar refractivity (Wildman–Crippen MR) is 79.6 cm³/mol. The molecular weight excluding hydrogens is 304 g/mol. The fourth-order valence-corrected chi connectivity index (χ4v) is 3.12. The second-order valence-corrected chi connectivity index (χ2v) is 6.41. The average molecular weight is 323 g/mol. The zero-order valence-corrected chi connectivity index (χ0v) is 13.1. The summed E-state index contributed by atoms with van der Waals surface area (Å²) in [6.45, 7) is 6.74. The van der Waals surface area contributed by atoms with Crippen LogP contribution in [0.4, 0.5) is 0 Å². The summed E-state index contributed by atoms with van der Waals surface area (Å²) in [6.07, 6.45) is 0.858. The van der Waals surface area contributed by atoms with Crippen molar-refractivity contribution in [3.8, 4) is 5.69 Å². The van der Waals surface area contributed by atoms with E-state index in [9.17, 15) is 0 Å². The van der Waals surface area contributed by atoms with Crippen molar-refractivity contribution in [2.24, 2.45) is 11.3 Å². The summed E-state index contributed by atoms with van der Waals surface area (Å²) in [5.41, 5.74) is 1.22. The summed E-state index contributed by atoms with van der Waals surface area (Å²) in [6, 6.07) is 10.0. The Kier molecular flexibility index (Phi) is 4.34. The molecule has 1 aromatic carbocycles. The number of rotatable bonds is 4. The van der Waals surface area contributed by atoms with Gasteiger partial charge in [0, 0.05) is 11.8 Å². The van der Waals surface area contributed by atoms with Crippen molar-refractivity contribution in [3.05, 3.63) is 36.2 Å². The smallest absolute Gasteiger partial charge is 0.157 e. The van der Waals surface area contributed by atoms with E-state index in [0.29, 0.717) is 5.92 Å². The fraction of sp³-hybridized carbons (Fsp3) is 0.500. The van der Waals surface area contributed by atoms with Crippen molar-refractivity contribution in [3.63, 3.8) is 0 Å². The molecule has 19 heavy (non-hydrogen) atoms. The minimum Gasteiger partial charge on any atom is -0.197 e. The largest absolute Gasteiger partial charge is 0.197 e. The monoisotopic (exact) mass is 322 g/mol. The van der Waals surface area contributed by atoms with Crippen LogP contribution in [0.2, 0.25) is 0 Å². The number of halogens is 1. The van der Waals surface area contributed by atoms with Crippen molar-refractivity contribution in [2.75, 3.05) is 5.33 Å². The number of alkyl halides is 1. The fourth-order valence-electron chi connectivity index (χ4n) is 1.92. The summed E-state index contributed by atoms with van der Waals surface area (Å²) >= 11 is 3.60. The molecule has 0 amide bonds. The molecule has 0 spiro atoms. The molecule has 0 bridgehead atoms. The maximum atomic E-state index is 4.17. The number of para-hydroxylation sites is 1. The highest BCUT2D eigenvalue weighted by Gasteiger charge is 2.26. The van der Waals surface area contributed by atoms with Crippen LogP contribution in [0.15, 0.2) is 30.3 Å². The van der Waals surface area contributed by atoms with Crippen LogP contribution < -0.4 is 0 Å². The first-order chi connectivity index (χ1) is 9.02. The van der Waals surface area contributed by atoms with Crippen molar-refractivity contribution in [1.82, 2.24) is 20.2 Å². The Bertz CT molecular complexity index is 516. The average Bonchev–Trinajstić information content (AvgIpc) is 2.83. The molecule has 1 aromatic heterocycles. The predicted octanol–water partition coefficient (Wildman–Crippen LogP) is 3.26. The van der Waals surface area contributed by atoms with Crippen molar-refractivity contribution < 1.29 is 0 Å². The minimum absolute atomic E-state index is 0.219. The second kappa shape index (κ2) is 5.82. The number of hydrogen-bond donors (Lipinski definition) is 0. The van der Waals surface area contributed by atoms with Crippen molar-refractivity contribution in [1.29, 1.82) is 0 Å². The van der Waals surface area contributed by atoms with E-state index in [-0.39, 0.29) is 5.41 Å². The highest BCUT2D eigenvalue weighted by Crippen LogP contribution is 2.30. The maximum absolute atomic E-state index is 4.17. The van der Waals surface area contributed by atoms with Crippen LogP contribution in [0.1, 0.15) is 26.6 Å². The molecule has 4 nitrogen and oxygen atoms in total. The number of hydrogen-bond acceptors (Lipinski definition) is 3. The van der Waals surface area contributed by atoms with E-state index < -0.39 is 0 Å². The van der Waals surface area contributed by atoms with Gasteiger partial charge in [-0.05, 0) is 33.9 Å². The first kappa shape index (κ1) is 14.2. The third kappa shape index (κ3) is 3.41. The molecule has 2 rings (SSSR count). The highest BCUT2D eigenvalue weighted by atomic mass is 79.9. The third-order valence-electron chi connectivity index (χ3n) is 3.37. The lowest BCUT2D eigenvalue weighted by Crippen LogP contribution is -2.25. The second-order valence-electron chi connectivity index (χ2n) is 5.76. The molecule has 2 aromatic rings. The first-order valence-electron chi connectivity index (χ1n) is 6.41. The molecule has 0 fully saturated rings. The van der Waals surface area contributed by atoms with E-state index >= 15 is 0 Å².